The Bertz CT molecular complexity index is 588. The summed E-state index contributed by atoms with van der Waals surface area (Å²) in [5.74, 6) is -0.0562. The second-order valence-corrected chi connectivity index (χ2v) is 11.3. The molecule has 20 heavy (non-hydrogen) atoms. The van der Waals surface area contributed by atoms with Gasteiger partial charge >= 0.3 is 135 Å². The van der Waals surface area contributed by atoms with Crippen LogP contribution in [0.15, 0.2) is 36.4 Å². The standard InChI is InChI=1S/C16H17AsCl2O/c1-17(2)7-6-11-4-3-5-12(8-11)13-9-14(18)16(20)15(19)10-13/h3-5,8-10,20H,6-7H2,1-2H3. The maximum absolute atomic E-state index is 9.62. The summed E-state index contributed by atoms with van der Waals surface area (Å²) in [6, 6.07) is 11.9. The zero-order valence-electron chi connectivity index (χ0n) is 11.5. The molecular formula is C16H17AsCl2O. The first-order chi connectivity index (χ1) is 9.47. The predicted octanol–water partition coefficient (Wildman–Crippen LogP) is 5.66. The Morgan fingerprint density at radius 3 is 2.25 bits per heavy atom. The van der Waals surface area contributed by atoms with Crippen molar-refractivity contribution < 1.29 is 5.11 Å². The Balaban J connectivity index is 2.31. The summed E-state index contributed by atoms with van der Waals surface area (Å²) in [6.07, 6.45) is 1.13. The summed E-state index contributed by atoms with van der Waals surface area (Å²) < 4.78 is 0. The number of rotatable bonds is 4. The van der Waals surface area contributed by atoms with Gasteiger partial charge in [0.15, 0.2) is 0 Å². The van der Waals surface area contributed by atoms with Crippen LogP contribution in [0.25, 0.3) is 11.1 Å². The Morgan fingerprint density at radius 1 is 1.00 bits per heavy atom. The van der Waals surface area contributed by atoms with Gasteiger partial charge in [0.2, 0.25) is 0 Å². The van der Waals surface area contributed by atoms with Gasteiger partial charge in [-0.15, -0.1) is 0 Å². The number of hydrogen-bond donors (Lipinski definition) is 1. The van der Waals surface area contributed by atoms with Crippen molar-refractivity contribution in [1.82, 2.24) is 0 Å². The first-order valence-corrected chi connectivity index (χ1v) is 12.2. The first kappa shape index (κ1) is 15.8. The van der Waals surface area contributed by atoms with Gasteiger partial charge in [-0.3, -0.25) is 0 Å². The van der Waals surface area contributed by atoms with E-state index in [1.807, 2.05) is 6.07 Å². The molecule has 0 aliphatic heterocycles. The number of benzene rings is 2. The van der Waals surface area contributed by atoms with Gasteiger partial charge in [0.05, 0.1) is 0 Å². The molecule has 0 amide bonds. The van der Waals surface area contributed by atoms with Gasteiger partial charge in [-0.25, -0.2) is 0 Å². The van der Waals surface area contributed by atoms with Crippen LogP contribution in [0.1, 0.15) is 5.56 Å². The molecule has 0 atom stereocenters. The molecule has 0 fully saturated rings. The van der Waals surface area contributed by atoms with Crippen LogP contribution >= 0.6 is 23.2 Å². The van der Waals surface area contributed by atoms with E-state index in [1.54, 1.807) is 12.1 Å². The van der Waals surface area contributed by atoms with Crippen LogP contribution in [0, 0.1) is 0 Å². The molecule has 0 aliphatic rings. The Labute approximate surface area is 134 Å². The van der Waals surface area contributed by atoms with E-state index in [9.17, 15) is 5.11 Å². The Morgan fingerprint density at radius 2 is 1.65 bits per heavy atom. The Kier molecular flexibility index (Phi) is 5.43. The van der Waals surface area contributed by atoms with Crippen molar-refractivity contribution in [3.8, 4) is 16.9 Å². The maximum atomic E-state index is 9.62. The average molecular weight is 371 g/mol. The number of aromatic hydroxyl groups is 1. The van der Waals surface area contributed by atoms with Crippen molar-refractivity contribution in [2.24, 2.45) is 0 Å². The third-order valence-electron chi connectivity index (χ3n) is 3.12. The molecule has 0 aliphatic carbocycles. The number of halogens is 2. The number of hydrogen-bond acceptors (Lipinski definition) is 1. The van der Waals surface area contributed by atoms with E-state index in [-0.39, 0.29) is 15.8 Å². The number of aryl methyl sites for hydroxylation is 1. The van der Waals surface area contributed by atoms with Crippen LogP contribution in [-0.2, 0) is 6.42 Å². The minimum atomic E-state index is -0.589. The van der Waals surface area contributed by atoms with Crippen LogP contribution in [0.2, 0.25) is 26.7 Å². The monoisotopic (exact) mass is 370 g/mol. The molecule has 0 saturated carbocycles. The zero-order chi connectivity index (χ0) is 14.7. The summed E-state index contributed by atoms with van der Waals surface area (Å²) in [7, 11) is 0. The number of phenolic OH excluding ortho intramolecular Hbond substituents is 1. The first-order valence-electron chi connectivity index (χ1n) is 6.39. The molecule has 2 aromatic carbocycles. The molecule has 0 saturated heterocycles. The topological polar surface area (TPSA) is 20.2 Å². The SMILES string of the molecule is C[As](C)CCc1cccc(-c2cc(Cl)c(O)c(Cl)c2)c1. The molecule has 1 N–H and O–H groups in total. The fraction of sp³-hybridized carbons (Fsp3) is 0.250. The van der Waals surface area contributed by atoms with Gasteiger partial charge < -0.3 is 0 Å². The van der Waals surface area contributed by atoms with Crippen LogP contribution in [-0.4, -0.2) is 19.8 Å². The molecule has 0 bridgehead atoms. The van der Waals surface area contributed by atoms with Crippen molar-refractivity contribution in [3.63, 3.8) is 0 Å². The molecule has 0 spiro atoms. The summed E-state index contributed by atoms with van der Waals surface area (Å²) in [5, 5.41) is 11.5. The molecule has 106 valence electrons. The molecule has 0 unspecified atom stereocenters. The van der Waals surface area contributed by atoms with Gasteiger partial charge in [0.1, 0.15) is 0 Å². The summed E-state index contributed by atoms with van der Waals surface area (Å²) in [6.45, 7) is 0. The van der Waals surface area contributed by atoms with Crippen molar-refractivity contribution in [3.05, 3.63) is 52.0 Å². The van der Waals surface area contributed by atoms with E-state index in [4.69, 9.17) is 23.2 Å². The van der Waals surface area contributed by atoms with Gasteiger partial charge in [0.25, 0.3) is 0 Å². The fourth-order valence-electron chi connectivity index (χ4n) is 1.99. The minimum absolute atomic E-state index is 0.0562. The third kappa shape index (κ3) is 3.94. The fourth-order valence-corrected chi connectivity index (χ4v) is 3.96. The normalized spacial score (nSPS) is 11.1. The molecule has 2 rings (SSSR count). The van der Waals surface area contributed by atoms with Gasteiger partial charge in [-0.2, -0.15) is 0 Å². The van der Waals surface area contributed by atoms with Gasteiger partial charge in [-0.1, -0.05) is 0 Å². The Hall–Kier alpha value is -0.622. The summed E-state index contributed by atoms with van der Waals surface area (Å²) >= 11 is 11.4. The second-order valence-electron chi connectivity index (χ2n) is 5.04. The van der Waals surface area contributed by atoms with E-state index < -0.39 is 14.7 Å². The van der Waals surface area contributed by atoms with Gasteiger partial charge in [-0.05, 0) is 0 Å². The van der Waals surface area contributed by atoms with Crippen molar-refractivity contribution in [2.45, 2.75) is 23.1 Å². The van der Waals surface area contributed by atoms with E-state index in [1.165, 1.54) is 10.8 Å². The molecule has 2 aromatic rings. The summed E-state index contributed by atoms with van der Waals surface area (Å²) in [4.78, 5) is 0. The van der Waals surface area contributed by atoms with E-state index in [0.29, 0.717) is 0 Å². The molecule has 1 nitrogen and oxygen atoms in total. The summed E-state index contributed by atoms with van der Waals surface area (Å²) in [5.41, 5.74) is 8.10. The zero-order valence-corrected chi connectivity index (χ0v) is 14.9. The molecular weight excluding hydrogens is 354 g/mol. The van der Waals surface area contributed by atoms with E-state index in [2.05, 4.69) is 29.6 Å². The predicted molar refractivity (Wildman–Crippen MR) is 89.6 cm³/mol. The van der Waals surface area contributed by atoms with Crippen LogP contribution < -0.4 is 0 Å². The van der Waals surface area contributed by atoms with Crippen molar-refractivity contribution in [1.29, 1.82) is 0 Å². The number of phenols is 1. The quantitative estimate of drug-likeness (QED) is 0.688. The van der Waals surface area contributed by atoms with Crippen LogP contribution in [0.4, 0.5) is 0 Å². The third-order valence-corrected chi connectivity index (χ3v) is 6.05. The van der Waals surface area contributed by atoms with Crippen LogP contribution in [0.3, 0.4) is 0 Å². The molecule has 0 heterocycles. The van der Waals surface area contributed by atoms with E-state index >= 15 is 0 Å². The second kappa shape index (κ2) is 6.89. The van der Waals surface area contributed by atoms with Crippen molar-refractivity contribution in [2.75, 3.05) is 0 Å². The molecule has 0 aromatic heterocycles. The average Bonchev–Trinajstić information content (AvgIpc) is 2.42. The van der Waals surface area contributed by atoms with Crippen LogP contribution in [0.5, 0.6) is 5.75 Å². The van der Waals surface area contributed by atoms with Gasteiger partial charge in [0, 0.05) is 0 Å². The molecule has 4 heteroatoms. The molecule has 0 radical (unpaired) electrons. The van der Waals surface area contributed by atoms with Crippen molar-refractivity contribution >= 4 is 37.9 Å². The van der Waals surface area contributed by atoms with E-state index in [0.717, 1.165) is 17.5 Å².